The lowest BCUT2D eigenvalue weighted by Crippen LogP contribution is -2.63. The second-order valence-corrected chi connectivity index (χ2v) is 18.4. The number of aliphatic imine (C=N–C) groups is 1. The molecule has 396 valence electrons. The van der Waals surface area contributed by atoms with E-state index in [1.807, 2.05) is 37.3 Å². The monoisotopic (exact) mass is 994 g/mol. The van der Waals surface area contributed by atoms with Crippen molar-refractivity contribution in [2.24, 2.45) is 28.3 Å². The summed E-state index contributed by atoms with van der Waals surface area (Å²) in [5.41, 5.74) is 11.2. The van der Waals surface area contributed by atoms with Crippen molar-refractivity contribution < 1.29 is 79.6 Å². The Labute approximate surface area is 410 Å². The summed E-state index contributed by atoms with van der Waals surface area (Å²) >= 11 is 0. The molecule has 2 fully saturated rings. The van der Waals surface area contributed by atoms with Crippen LogP contribution in [0.2, 0.25) is 0 Å². The van der Waals surface area contributed by atoms with Crippen LogP contribution >= 0.6 is 0 Å². The van der Waals surface area contributed by atoms with Crippen LogP contribution in [0, 0.1) is 11.8 Å². The molecule has 3 heterocycles. The smallest absolute Gasteiger partial charge is 0.314 e. The van der Waals surface area contributed by atoms with Crippen molar-refractivity contribution in [1.29, 1.82) is 0 Å². The molecule has 21 heteroatoms. The molecular weight excluding hydrogens is 915 g/mol. The fourth-order valence-corrected chi connectivity index (χ4v) is 8.33. The number of nitrogens with zero attached hydrogens (tertiary/aromatic N) is 1. The Balaban J connectivity index is 1.93. The molecular formula is C49H79N5O16. The van der Waals surface area contributed by atoms with Crippen molar-refractivity contribution in [3.8, 4) is 0 Å². The number of hydrogen-bond acceptors (Lipinski definition) is 17. The van der Waals surface area contributed by atoms with Crippen LogP contribution in [-0.2, 0) is 23.7 Å². The Bertz CT molecular complexity index is 1840. The van der Waals surface area contributed by atoms with E-state index in [1.165, 1.54) is 14.0 Å². The molecule has 1 unspecified atom stereocenters. The van der Waals surface area contributed by atoms with Crippen molar-refractivity contribution in [1.82, 2.24) is 10.6 Å². The standard InChI is InChI=1S/C49H79N5O16/c1-28-18-16-14-12-10-8-6-7-9-11-13-15-17-19-35(69-46-45(64)42(53-47(50)51)44(63)31(4)68-46)25-39-41(54-48(65)52-5)38(60)27-49(66,70-39)26-34(57)23-37(59)36(58)21-20-32(55)22-33(56)24-40(61)67-30(3)29(2)43(28)62/h6-19,28-39,41-46,55-60,62-64,66H,20-27H2,1-5H3,(H4,50,51,53)(H2,52,54,65)/b7-6+,10-8+,11-9+,14-12+,15-13+,18-16+,19-17+/t28?,29-,30-,31+,32+,33+,34-,35-,36+,37+,38-,39-,41+,42-,43+,44+,45-,46-,49+/m0/s1. The number of urea groups is 1. The predicted molar refractivity (Wildman–Crippen MR) is 259 cm³/mol. The highest BCUT2D eigenvalue weighted by atomic mass is 16.7. The topological polar surface area (TPSA) is 362 Å². The van der Waals surface area contributed by atoms with Gasteiger partial charge in [-0.2, -0.15) is 0 Å². The van der Waals surface area contributed by atoms with Crippen LogP contribution in [0.15, 0.2) is 90.1 Å². The number of cyclic esters (lactones) is 1. The molecule has 3 rings (SSSR count). The van der Waals surface area contributed by atoms with Gasteiger partial charge in [-0.25, -0.2) is 9.79 Å². The zero-order valence-corrected chi connectivity index (χ0v) is 40.7. The summed E-state index contributed by atoms with van der Waals surface area (Å²) in [4.78, 5) is 29.3. The van der Waals surface area contributed by atoms with E-state index < -0.39 is 153 Å². The van der Waals surface area contributed by atoms with Crippen LogP contribution in [0.1, 0.15) is 79.1 Å². The predicted octanol–water partition coefficient (Wildman–Crippen LogP) is -0.377. The van der Waals surface area contributed by atoms with E-state index in [9.17, 15) is 60.7 Å². The molecule has 0 aromatic rings. The minimum atomic E-state index is -2.26. The zero-order chi connectivity index (χ0) is 52.1. The van der Waals surface area contributed by atoms with Crippen LogP contribution in [0.3, 0.4) is 0 Å². The van der Waals surface area contributed by atoms with E-state index in [0.29, 0.717) is 0 Å². The minimum Gasteiger partial charge on any atom is -0.462 e. The summed E-state index contributed by atoms with van der Waals surface area (Å²) in [6.45, 7) is 6.75. The van der Waals surface area contributed by atoms with E-state index in [4.69, 9.17) is 30.4 Å². The Kier molecular flexibility index (Phi) is 25.6. The number of allylic oxidation sites excluding steroid dienone is 12. The average molecular weight is 994 g/mol. The summed E-state index contributed by atoms with van der Waals surface area (Å²) in [7, 11) is 1.36. The summed E-state index contributed by atoms with van der Waals surface area (Å²) in [5, 5.41) is 115. The van der Waals surface area contributed by atoms with Gasteiger partial charge in [0.1, 0.15) is 24.4 Å². The number of guanidine groups is 1. The lowest BCUT2D eigenvalue weighted by Gasteiger charge is -2.46. The molecule has 16 N–H and O–H groups in total. The SMILES string of the molecule is CNC(=O)N[C@H]1[C@@H]2C[C@@H](O[C@@H]3O[C@H](C)[C@@H](O)[C@H](N=C(N)N)[C@@H]3O)/C=C/C=C/C=C/C=C/C=C/C=C/C=C/C(C)[C@@H](O)[C@@H](C)[C@H](C)OC(=O)C[C@H](O)C[C@H](O)CC[C@@H](O)[C@H](O)C[C@H](O)C[C@](O)(C[C@@H]1O)O2. The van der Waals surface area contributed by atoms with Gasteiger partial charge in [-0.1, -0.05) is 98.9 Å². The highest BCUT2D eigenvalue weighted by Crippen LogP contribution is 2.35. The summed E-state index contributed by atoms with van der Waals surface area (Å²) in [5.74, 6) is -4.13. The van der Waals surface area contributed by atoms with Crippen molar-refractivity contribution in [2.45, 2.75) is 183 Å². The molecule has 2 bridgehead atoms. The number of carbonyl (C=O) groups is 2. The lowest BCUT2D eigenvalue weighted by molar-refractivity contribution is -0.302. The highest BCUT2D eigenvalue weighted by molar-refractivity contribution is 5.76. The number of ether oxygens (including phenoxy) is 4. The number of carbonyl (C=O) groups excluding carboxylic acids is 2. The molecule has 0 spiro atoms. The van der Waals surface area contributed by atoms with E-state index >= 15 is 0 Å². The quantitative estimate of drug-likeness (QED) is 0.0970. The first-order valence-electron chi connectivity index (χ1n) is 23.8. The molecule has 0 aliphatic carbocycles. The Morgan fingerprint density at radius 3 is 1.87 bits per heavy atom. The van der Waals surface area contributed by atoms with Crippen LogP contribution in [0.5, 0.6) is 0 Å². The van der Waals surface area contributed by atoms with Crippen molar-refractivity contribution >= 4 is 18.0 Å². The third-order valence-corrected chi connectivity index (χ3v) is 12.5. The average Bonchev–Trinajstić information content (AvgIpc) is 3.28. The van der Waals surface area contributed by atoms with Gasteiger partial charge < -0.3 is 92.1 Å². The Morgan fingerprint density at radius 2 is 1.29 bits per heavy atom. The molecule has 21 nitrogen and oxygen atoms in total. The summed E-state index contributed by atoms with van der Waals surface area (Å²) in [6.07, 6.45) is 4.19. The van der Waals surface area contributed by atoms with Crippen molar-refractivity contribution in [3.63, 3.8) is 0 Å². The van der Waals surface area contributed by atoms with E-state index in [1.54, 1.807) is 68.5 Å². The van der Waals surface area contributed by atoms with Crippen molar-refractivity contribution in [2.75, 3.05) is 7.05 Å². The van der Waals surface area contributed by atoms with Gasteiger partial charge >= 0.3 is 12.0 Å². The number of hydrogen-bond donors (Lipinski definition) is 14. The van der Waals surface area contributed by atoms with E-state index in [-0.39, 0.29) is 31.6 Å². The second kappa shape index (κ2) is 29.9. The molecule has 0 saturated carbocycles. The Hall–Kier alpha value is -4.33. The molecule has 0 aromatic carbocycles. The van der Waals surface area contributed by atoms with Gasteiger partial charge in [0.15, 0.2) is 18.0 Å². The van der Waals surface area contributed by atoms with Crippen LogP contribution in [0.25, 0.3) is 0 Å². The van der Waals surface area contributed by atoms with Crippen LogP contribution in [0.4, 0.5) is 4.79 Å². The molecule has 3 aliphatic heterocycles. The third kappa shape index (κ3) is 20.4. The third-order valence-electron chi connectivity index (χ3n) is 12.5. The number of nitrogens with two attached hydrogens (primary N) is 2. The largest absolute Gasteiger partial charge is 0.462 e. The maximum atomic E-state index is 12.7. The van der Waals surface area contributed by atoms with E-state index in [0.717, 1.165) is 0 Å². The first-order chi connectivity index (χ1) is 33.0. The van der Waals surface area contributed by atoms with Gasteiger partial charge in [-0.3, -0.25) is 4.79 Å². The van der Waals surface area contributed by atoms with Gasteiger partial charge in [0.25, 0.3) is 0 Å². The minimum absolute atomic E-state index is 0.101. The van der Waals surface area contributed by atoms with Gasteiger partial charge in [0, 0.05) is 44.6 Å². The lowest BCUT2D eigenvalue weighted by atomic mass is 9.87. The first-order valence-corrected chi connectivity index (χ1v) is 23.8. The fourth-order valence-electron chi connectivity index (χ4n) is 8.33. The van der Waals surface area contributed by atoms with Gasteiger partial charge in [0.2, 0.25) is 0 Å². The number of esters is 1. The molecule has 70 heavy (non-hydrogen) atoms. The first kappa shape index (κ1) is 60.0. The number of aliphatic hydroxyl groups is 10. The van der Waals surface area contributed by atoms with Gasteiger partial charge in [-0.05, 0) is 33.1 Å². The number of amides is 2. The highest BCUT2D eigenvalue weighted by Gasteiger charge is 2.49. The van der Waals surface area contributed by atoms with Gasteiger partial charge in [0.05, 0.1) is 73.5 Å². The molecule has 0 aromatic heterocycles. The normalized spacial score (nSPS) is 42.9. The number of fused-ring (bicyclic) bond motifs is 2. The molecule has 0 radical (unpaired) electrons. The zero-order valence-electron chi connectivity index (χ0n) is 40.7. The molecule has 2 saturated heterocycles. The van der Waals surface area contributed by atoms with Crippen LogP contribution in [-0.4, -0.2) is 180 Å². The number of aliphatic hydroxyl groups excluding tert-OH is 9. The van der Waals surface area contributed by atoms with E-state index in [2.05, 4.69) is 15.6 Å². The van der Waals surface area contributed by atoms with Crippen LogP contribution < -0.4 is 22.1 Å². The molecule has 19 atom stereocenters. The molecule has 3 aliphatic rings. The maximum Gasteiger partial charge on any atom is 0.314 e. The summed E-state index contributed by atoms with van der Waals surface area (Å²) < 4.78 is 23.7. The van der Waals surface area contributed by atoms with Gasteiger partial charge in [-0.15, -0.1) is 0 Å². The number of rotatable bonds is 4. The molecule has 2 amide bonds. The maximum absolute atomic E-state index is 12.7. The Morgan fingerprint density at radius 1 is 0.700 bits per heavy atom. The fraction of sp³-hybridized carbons (Fsp3) is 0.653. The number of nitrogens with one attached hydrogen (secondary N) is 2. The second-order valence-electron chi connectivity index (χ2n) is 18.4. The van der Waals surface area contributed by atoms with Crippen molar-refractivity contribution in [3.05, 3.63) is 85.1 Å². The summed E-state index contributed by atoms with van der Waals surface area (Å²) in [6, 6.07) is -3.10.